The average Bonchev–Trinajstić information content (AvgIpc) is 2.78. The number of halogens is 3. The Kier molecular flexibility index (Phi) is 3.47. The molecule has 0 radical (unpaired) electrons. The van der Waals surface area contributed by atoms with Gasteiger partial charge in [-0.2, -0.15) is 13.2 Å². The van der Waals surface area contributed by atoms with Crippen molar-refractivity contribution >= 4 is 23.4 Å². The van der Waals surface area contributed by atoms with E-state index in [1.54, 1.807) is 0 Å². The molecule has 0 N–H and O–H groups in total. The molecule has 8 heteroatoms. The number of hydrogen-bond acceptors (Lipinski definition) is 4. The third kappa shape index (κ3) is 2.36. The fraction of sp³-hybridized carbons (Fsp3) is 0.125. The minimum absolute atomic E-state index is 0.00747. The van der Waals surface area contributed by atoms with Crippen LogP contribution in [-0.2, 0) is 6.18 Å². The van der Waals surface area contributed by atoms with Gasteiger partial charge in [-0.1, -0.05) is 12.1 Å². The molecule has 122 valence electrons. The van der Waals surface area contributed by atoms with Gasteiger partial charge in [0.1, 0.15) is 0 Å². The molecule has 0 aliphatic carbocycles. The van der Waals surface area contributed by atoms with Gasteiger partial charge in [-0.25, -0.2) is 9.88 Å². The van der Waals surface area contributed by atoms with Crippen LogP contribution >= 0.6 is 0 Å². The summed E-state index contributed by atoms with van der Waals surface area (Å²) in [5, 5.41) is 0. The SMILES string of the molecule is CC(=O)c1cnc(N2C(=O)c3ccccc3C2=O)c(C(F)(F)F)c1. The number of anilines is 1. The number of nitrogens with zero attached hydrogens (tertiary/aromatic N) is 2. The van der Waals surface area contributed by atoms with Crippen LogP contribution in [0.5, 0.6) is 0 Å². The first-order chi connectivity index (χ1) is 11.2. The summed E-state index contributed by atoms with van der Waals surface area (Å²) in [5.41, 5.74) is -1.56. The molecule has 1 aromatic carbocycles. The molecule has 1 aliphatic rings. The number of benzene rings is 1. The number of imide groups is 1. The van der Waals surface area contributed by atoms with Gasteiger partial charge < -0.3 is 0 Å². The zero-order valence-electron chi connectivity index (χ0n) is 12.2. The molecule has 0 fully saturated rings. The number of amides is 2. The van der Waals surface area contributed by atoms with Crippen molar-refractivity contribution in [3.63, 3.8) is 0 Å². The normalized spacial score (nSPS) is 14.1. The molecule has 2 aromatic rings. The topological polar surface area (TPSA) is 67.3 Å². The molecule has 2 heterocycles. The van der Waals surface area contributed by atoms with Crippen LogP contribution in [0.15, 0.2) is 36.5 Å². The van der Waals surface area contributed by atoms with E-state index in [9.17, 15) is 27.6 Å². The van der Waals surface area contributed by atoms with Gasteiger partial charge in [0, 0.05) is 11.8 Å². The second-order valence-corrected chi connectivity index (χ2v) is 5.14. The van der Waals surface area contributed by atoms with Crippen LogP contribution in [0.1, 0.15) is 43.6 Å². The molecule has 0 saturated carbocycles. The Labute approximate surface area is 133 Å². The van der Waals surface area contributed by atoms with Gasteiger partial charge in [0.15, 0.2) is 11.6 Å². The highest BCUT2D eigenvalue weighted by molar-refractivity contribution is 6.34. The largest absolute Gasteiger partial charge is 0.420 e. The standard InChI is InChI=1S/C16H9F3N2O3/c1-8(22)9-6-12(16(17,18)19)13(20-7-9)21-14(23)10-4-2-3-5-11(10)15(21)24/h2-7H,1H3. The molecular weight excluding hydrogens is 325 g/mol. The first-order valence-corrected chi connectivity index (χ1v) is 6.78. The van der Waals surface area contributed by atoms with Crippen molar-refractivity contribution in [2.24, 2.45) is 0 Å². The zero-order valence-corrected chi connectivity index (χ0v) is 12.2. The molecule has 0 bridgehead atoms. The summed E-state index contributed by atoms with van der Waals surface area (Å²) < 4.78 is 40.0. The average molecular weight is 334 g/mol. The lowest BCUT2D eigenvalue weighted by atomic mass is 10.1. The fourth-order valence-corrected chi connectivity index (χ4v) is 2.42. The summed E-state index contributed by atoms with van der Waals surface area (Å²) in [6.07, 6.45) is -3.97. The maximum absolute atomic E-state index is 13.3. The number of hydrogen-bond donors (Lipinski definition) is 0. The number of pyridine rings is 1. The van der Waals surface area contributed by atoms with Gasteiger partial charge >= 0.3 is 6.18 Å². The smallest absolute Gasteiger partial charge is 0.294 e. The number of carbonyl (C=O) groups excluding carboxylic acids is 3. The number of ketones is 1. The highest BCUT2D eigenvalue weighted by Crippen LogP contribution is 2.38. The third-order valence-electron chi connectivity index (χ3n) is 3.58. The van der Waals surface area contributed by atoms with Crippen LogP contribution < -0.4 is 4.90 Å². The molecule has 0 unspecified atom stereocenters. The Morgan fingerprint density at radius 2 is 1.62 bits per heavy atom. The minimum Gasteiger partial charge on any atom is -0.294 e. The van der Waals surface area contributed by atoms with Gasteiger partial charge in [0.05, 0.1) is 16.7 Å². The van der Waals surface area contributed by atoms with E-state index in [-0.39, 0.29) is 16.7 Å². The van der Waals surface area contributed by atoms with Crippen molar-refractivity contribution in [2.75, 3.05) is 4.90 Å². The third-order valence-corrected chi connectivity index (χ3v) is 3.58. The number of fused-ring (bicyclic) bond motifs is 1. The Hall–Kier alpha value is -3.03. The van der Waals surface area contributed by atoms with Crippen LogP contribution in [0.3, 0.4) is 0 Å². The lowest BCUT2D eigenvalue weighted by Gasteiger charge is -2.19. The molecule has 3 rings (SSSR count). The van der Waals surface area contributed by atoms with E-state index in [0.717, 1.165) is 13.1 Å². The molecule has 2 amide bonds. The van der Waals surface area contributed by atoms with Gasteiger partial charge in [-0.05, 0) is 25.1 Å². The molecule has 0 spiro atoms. The monoisotopic (exact) mass is 334 g/mol. The summed E-state index contributed by atoms with van der Waals surface area (Å²) >= 11 is 0. The predicted octanol–water partition coefficient (Wildman–Crippen LogP) is 3.10. The molecule has 0 atom stereocenters. The van der Waals surface area contributed by atoms with Gasteiger partial charge in [0.25, 0.3) is 11.8 Å². The lowest BCUT2D eigenvalue weighted by Crippen LogP contribution is -2.32. The van der Waals surface area contributed by atoms with Crippen molar-refractivity contribution in [1.29, 1.82) is 0 Å². The van der Waals surface area contributed by atoms with Crippen molar-refractivity contribution in [2.45, 2.75) is 13.1 Å². The lowest BCUT2D eigenvalue weighted by molar-refractivity contribution is -0.137. The Morgan fingerprint density at radius 1 is 1.08 bits per heavy atom. The van der Waals surface area contributed by atoms with Gasteiger partial charge in [0.2, 0.25) is 0 Å². The maximum atomic E-state index is 13.3. The van der Waals surface area contributed by atoms with E-state index >= 15 is 0 Å². The maximum Gasteiger partial charge on any atom is 0.420 e. The van der Waals surface area contributed by atoms with Crippen LogP contribution in [0.4, 0.5) is 19.0 Å². The highest BCUT2D eigenvalue weighted by Gasteiger charge is 2.43. The number of Topliss-reactive ketones (excluding diaryl/α,β-unsaturated/α-hetero) is 1. The Balaban J connectivity index is 2.19. The predicted molar refractivity (Wildman–Crippen MR) is 76.8 cm³/mol. The first kappa shape index (κ1) is 15.9. The minimum atomic E-state index is -4.89. The van der Waals surface area contributed by atoms with E-state index in [1.165, 1.54) is 24.3 Å². The summed E-state index contributed by atoms with van der Waals surface area (Å²) in [4.78, 5) is 39.9. The summed E-state index contributed by atoms with van der Waals surface area (Å²) in [7, 11) is 0. The molecular formula is C16H9F3N2O3. The molecule has 24 heavy (non-hydrogen) atoms. The Bertz CT molecular complexity index is 855. The van der Waals surface area contributed by atoms with E-state index in [1.807, 2.05) is 0 Å². The molecule has 1 aromatic heterocycles. The molecule has 1 aliphatic heterocycles. The van der Waals surface area contributed by atoms with E-state index < -0.39 is 35.2 Å². The van der Waals surface area contributed by atoms with Crippen molar-refractivity contribution in [3.8, 4) is 0 Å². The number of carbonyl (C=O) groups is 3. The number of rotatable bonds is 2. The van der Waals surface area contributed by atoms with Crippen molar-refractivity contribution in [1.82, 2.24) is 4.98 Å². The Morgan fingerprint density at radius 3 is 2.08 bits per heavy atom. The number of aromatic nitrogens is 1. The fourth-order valence-electron chi connectivity index (χ4n) is 2.42. The number of alkyl halides is 3. The van der Waals surface area contributed by atoms with Crippen LogP contribution in [0.2, 0.25) is 0 Å². The second kappa shape index (κ2) is 5.26. The first-order valence-electron chi connectivity index (χ1n) is 6.78. The van der Waals surface area contributed by atoms with E-state index in [2.05, 4.69) is 4.98 Å². The van der Waals surface area contributed by atoms with Crippen LogP contribution in [0.25, 0.3) is 0 Å². The highest BCUT2D eigenvalue weighted by atomic mass is 19.4. The zero-order chi connectivity index (χ0) is 17.6. The van der Waals surface area contributed by atoms with Gasteiger partial charge in [-0.15, -0.1) is 0 Å². The summed E-state index contributed by atoms with van der Waals surface area (Å²) in [5.74, 6) is -3.21. The molecule has 5 nitrogen and oxygen atoms in total. The summed E-state index contributed by atoms with van der Waals surface area (Å²) in [6, 6.07) is 6.31. The molecule has 0 saturated heterocycles. The van der Waals surface area contributed by atoms with E-state index in [4.69, 9.17) is 0 Å². The van der Waals surface area contributed by atoms with Crippen molar-refractivity contribution in [3.05, 3.63) is 58.8 Å². The van der Waals surface area contributed by atoms with Crippen molar-refractivity contribution < 1.29 is 27.6 Å². The van der Waals surface area contributed by atoms with Gasteiger partial charge in [-0.3, -0.25) is 14.4 Å². The quantitative estimate of drug-likeness (QED) is 0.625. The summed E-state index contributed by atoms with van der Waals surface area (Å²) in [6.45, 7) is 1.10. The van der Waals surface area contributed by atoms with E-state index in [0.29, 0.717) is 11.0 Å². The van der Waals surface area contributed by atoms with Crippen LogP contribution in [0, 0.1) is 0 Å². The second-order valence-electron chi connectivity index (χ2n) is 5.14. The van der Waals surface area contributed by atoms with Crippen LogP contribution in [-0.4, -0.2) is 22.6 Å².